The summed E-state index contributed by atoms with van der Waals surface area (Å²) in [5.41, 5.74) is 3.46. The molecular formula is C21H21N5O. The van der Waals surface area contributed by atoms with Crippen LogP contribution in [0.5, 0.6) is 5.75 Å². The van der Waals surface area contributed by atoms with Gasteiger partial charge in [0, 0.05) is 24.0 Å². The number of nitriles is 1. The Morgan fingerprint density at radius 3 is 2.59 bits per heavy atom. The zero-order chi connectivity index (χ0) is 19.1. The Kier molecular flexibility index (Phi) is 5.85. The van der Waals surface area contributed by atoms with Gasteiger partial charge in [0.15, 0.2) is 0 Å². The molecule has 2 N–H and O–H groups in total. The minimum absolute atomic E-state index is 0.513. The fourth-order valence-corrected chi connectivity index (χ4v) is 2.71. The summed E-state index contributed by atoms with van der Waals surface area (Å²) < 4.78 is 5.39. The van der Waals surface area contributed by atoms with Gasteiger partial charge in [0.05, 0.1) is 18.7 Å². The summed E-state index contributed by atoms with van der Waals surface area (Å²) in [4.78, 5) is 8.93. The minimum Gasteiger partial charge on any atom is -0.496 e. The van der Waals surface area contributed by atoms with Crippen molar-refractivity contribution in [1.82, 2.24) is 9.97 Å². The highest BCUT2D eigenvalue weighted by Gasteiger charge is 2.05. The number of hydrogen-bond acceptors (Lipinski definition) is 6. The van der Waals surface area contributed by atoms with E-state index in [0.717, 1.165) is 41.5 Å². The SMILES string of the molecule is COc1ccccc1CCNc1cc(C)nc(Nc2ccc(C#N)cc2)n1. The normalized spacial score (nSPS) is 10.1. The molecule has 0 atom stereocenters. The van der Waals surface area contributed by atoms with E-state index in [1.54, 1.807) is 19.2 Å². The summed E-state index contributed by atoms with van der Waals surface area (Å²) in [6.45, 7) is 2.66. The Bertz CT molecular complexity index is 948. The molecule has 3 aromatic rings. The number of nitrogens with one attached hydrogen (secondary N) is 2. The number of aryl methyl sites for hydroxylation is 1. The number of methoxy groups -OCH3 is 1. The number of anilines is 3. The van der Waals surface area contributed by atoms with Crippen LogP contribution in [0.15, 0.2) is 54.6 Å². The quantitative estimate of drug-likeness (QED) is 0.662. The lowest BCUT2D eigenvalue weighted by Gasteiger charge is -2.11. The molecule has 1 heterocycles. The highest BCUT2D eigenvalue weighted by molar-refractivity contribution is 5.56. The zero-order valence-corrected chi connectivity index (χ0v) is 15.4. The summed E-state index contributed by atoms with van der Waals surface area (Å²) in [5, 5.41) is 15.4. The number of hydrogen-bond donors (Lipinski definition) is 2. The number of benzene rings is 2. The molecule has 0 fully saturated rings. The van der Waals surface area contributed by atoms with E-state index in [0.29, 0.717) is 11.5 Å². The summed E-state index contributed by atoms with van der Waals surface area (Å²) in [6.07, 6.45) is 0.825. The standard InChI is InChI=1S/C21H21N5O/c1-15-13-20(23-12-11-17-5-3-4-6-19(17)27-2)26-21(24-15)25-18-9-7-16(14-22)8-10-18/h3-10,13H,11-12H2,1-2H3,(H2,23,24,25,26). The minimum atomic E-state index is 0.513. The number of nitrogens with zero attached hydrogens (tertiary/aromatic N) is 3. The van der Waals surface area contributed by atoms with Gasteiger partial charge < -0.3 is 15.4 Å². The van der Waals surface area contributed by atoms with Gasteiger partial charge in [-0.25, -0.2) is 4.98 Å². The highest BCUT2D eigenvalue weighted by Crippen LogP contribution is 2.19. The van der Waals surface area contributed by atoms with Crippen molar-refractivity contribution in [1.29, 1.82) is 5.26 Å². The van der Waals surface area contributed by atoms with Crippen LogP contribution in [0.4, 0.5) is 17.5 Å². The van der Waals surface area contributed by atoms with Crippen LogP contribution in [0, 0.1) is 18.3 Å². The number of aromatic nitrogens is 2. The van der Waals surface area contributed by atoms with Crippen LogP contribution in [0.3, 0.4) is 0 Å². The molecule has 2 aromatic carbocycles. The van der Waals surface area contributed by atoms with E-state index in [2.05, 4.69) is 32.7 Å². The van der Waals surface area contributed by atoms with Gasteiger partial charge in [0.2, 0.25) is 5.95 Å². The average molecular weight is 359 g/mol. The van der Waals surface area contributed by atoms with E-state index in [9.17, 15) is 0 Å². The van der Waals surface area contributed by atoms with Crippen LogP contribution >= 0.6 is 0 Å². The number of para-hydroxylation sites is 1. The van der Waals surface area contributed by atoms with Crippen LogP contribution in [-0.2, 0) is 6.42 Å². The second-order valence-corrected chi connectivity index (χ2v) is 6.02. The molecule has 0 spiro atoms. The maximum Gasteiger partial charge on any atom is 0.229 e. The van der Waals surface area contributed by atoms with Crippen molar-refractivity contribution in [3.8, 4) is 11.8 Å². The van der Waals surface area contributed by atoms with Gasteiger partial charge in [0.1, 0.15) is 11.6 Å². The lowest BCUT2D eigenvalue weighted by atomic mass is 10.1. The van der Waals surface area contributed by atoms with E-state index in [1.165, 1.54) is 0 Å². The molecule has 0 radical (unpaired) electrons. The molecule has 6 heteroatoms. The Morgan fingerprint density at radius 2 is 1.85 bits per heavy atom. The molecule has 3 rings (SSSR count). The van der Waals surface area contributed by atoms with Crippen molar-refractivity contribution < 1.29 is 4.74 Å². The molecule has 0 saturated heterocycles. The first-order valence-corrected chi connectivity index (χ1v) is 8.66. The third kappa shape index (κ3) is 4.95. The second-order valence-electron chi connectivity index (χ2n) is 6.02. The van der Waals surface area contributed by atoms with Gasteiger partial charge in [-0.05, 0) is 49.2 Å². The highest BCUT2D eigenvalue weighted by atomic mass is 16.5. The summed E-state index contributed by atoms with van der Waals surface area (Å²) in [6, 6.07) is 19.2. The molecule has 0 aliphatic heterocycles. The summed E-state index contributed by atoms with van der Waals surface area (Å²) in [7, 11) is 1.68. The Hall–Kier alpha value is -3.59. The third-order valence-electron chi connectivity index (χ3n) is 4.02. The molecule has 136 valence electrons. The molecule has 0 saturated carbocycles. The maximum absolute atomic E-state index is 8.88. The van der Waals surface area contributed by atoms with Crippen molar-refractivity contribution in [2.24, 2.45) is 0 Å². The van der Waals surface area contributed by atoms with Gasteiger partial charge in [0.25, 0.3) is 0 Å². The van der Waals surface area contributed by atoms with Crippen molar-refractivity contribution in [2.75, 3.05) is 24.3 Å². The summed E-state index contributed by atoms with van der Waals surface area (Å²) in [5.74, 6) is 2.16. The molecule has 0 aliphatic rings. The van der Waals surface area contributed by atoms with Gasteiger partial charge in [-0.3, -0.25) is 0 Å². The third-order valence-corrected chi connectivity index (χ3v) is 4.02. The van der Waals surface area contributed by atoms with E-state index < -0.39 is 0 Å². The van der Waals surface area contributed by atoms with Crippen molar-refractivity contribution in [2.45, 2.75) is 13.3 Å². The second kappa shape index (κ2) is 8.68. The number of ether oxygens (including phenoxy) is 1. The van der Waals surface area contributed by atoms with Gasteiger partial charge in [-0.2, -0.15) is 10.2 Å². The van der Waals surface area contributed by atoms with Crippen LogP contribution in [0.2, 0.25) is 0 Å². The first-order valence-electron chi connectivity index (χ1n) is 8.66. The molecular weight excluding hydrogens is 338 g/mol. The molecule has 6 nitrogen and oxygen atoms in total. The van der Waals surface area contributed by atoms with E-state index in [1.807, 2.05) is 43.3 Å². The number of rotatable bonds is 7. The molecule has 0 bridgehead atoms. The lowest BCUT2D eigenvalue weighted by molar-refractivity contribution is 0.410. The van der Waals surface area contributed by atoms with Crippen LogP contribution in [-0.4, -0.2) is 23.6 Å². The summed E-state index contributed by atoms with van der Waals surface area (Å²) >= 11 is 0. The predicted octanol–water partition coefficient (Wildman–Crippen LogP) is 4.06. The Labute approximate surface area is 158 Å². The van der Waals surface area contributed by atoms with E-state index in [-0.39, 0.29) is 0 Å². The Morgan fingerprint density at radius 1 is 1.07 bits per heavy atom. The average Bonchev–Trinajstić information content (AvgIpc) is 2.68. The van der Waals surface area contributed by atoms with Crippen LogP contribution in [0.25, 0.3) is 0 Å². The molecule has 0 unspecified atom stereocenters. The first kappa shape index (κ1) is 18.2. The van der Waals surface area contributed by atoms with Gasteiger partial charge in [-0.1, -0.05) is 18.2 Å². The topological polar surface area (TPSA) is 82.9 Å². The molecule has 0 amide bonds. The lowest BCUT2D eigenvalue weighted by Crippen LogP contribution is -2.09. The van der Waals surface area contributed by atoms with Crippen LogP contribution in [0.1, 0.15) is 16.8 Å². The van der Waals surface area contributed by atoms with E-state index >= 15 is 0 Å². The monoisotopic (exact) mass is 359 g/mol. The van der Waals surface area contributed by atoms with Gasteiger partial charge in [-0.15, -0.1) is 0 Å². The van der Waals surface area contributed by atoms with Crippen LogP contribution < -0.4 is 15.4 Å². The largest absolute Gasteiger partial charge is 0.496 e. The fourth-order valence-electron chi connectivity index (χ4n) is 2.71. The van der Waals surface area contributed by atoms with Crippen molar-refractivity contribution in [3.05, 3.63) is 71.4 Å². The fraction of sp³-hybridized carbons (Fsp3) is 0.190. The Balaban J connectivity index is 1.65. The van der Waals surface area contributed by atoms with Crippen molar-refractivity contribution in [3.63, 3.8) is 0 Å². The maximum atomic E-state index is 8.88. The van der Waals surface area contributed by atoms with Gasteiger partial charge >= 0.3 is 0 Å². The molecule has 27 heavy (non-hydrogen) atoms. The van der Waals surface area contributed by atoms with Crippen molar-refractivity contribution >= 4 is 17.5 Å². The molecule has 1 aromatic heterocycles. The van der Waals surface area contributed by atoms with E-state index in [4.69, 9.17) is 10.00 Å². The smallest absolute Gasteiger partial charge is 0.229 e. The first-order chi connectivity index (χ1) is 13.2. The predicted molar refractivity (Wildman–Crippen MR) is 106 cm³/mol. The molecule has 0 aliphatic carbocycles. The zero-order valence-electron chi connectivity index (χ0n) is 15.4.